The van der Waals surface area contributed by atoms with Crippen LogP contribution in [0.1, 0.15) is 61.0 Å². The number of aromatic nitrogens is 1. The van der Waals surface area contributed by atoms with Crippen molar-refractivity contribution in [2.24, 2.45) is 20.2 Å². The molecular formula is C23H36N6O4S. The topological polar surface area (TPSA) is 154 Å². The number of nitrogens with two attached hydrogens (primary N) is 2. The molecule has 1 aromatic rings. The highest BCUT2D eigenvalue weighted by Crippen LogP contribution is 2.44. The number of fused-ring (bicyclic) bond motifs is 1. The van der Waals surface area contributed by atoms with E-state index < -0.39 is 9.92 Å². The number of carbonyl (C=O) groups excluding carboxylic acids is 1. The van der Waals surface area contributed by atoms with Crippen molar-refractivity contribution in [1.82, 2.24) is 4.98 Å². The largest absolute Gasteiger partial charge is 0.474 e. The van der Waals surface area contributed by atoms with Crippen LogP contribution in [0.2, 0.25) is 0 Å². The van der Waals surface area contributed by atoms with Crippen molar-refractivity contribution >= 4 is 27.9 Å². The number of aliphatic imine (C=N–C) groups is 1. The van der Waals surface area contributed by atoms with E-state index in [-0.39, 0.29) is 16.9 Å². The molecule has 0 spiro atoms. The van der Waals surface area contributed by atoms with E-state index in [1.54, 1.807) is 0 Å². The fourth-order valence-corrected chi connectivity index (χ4v) is 4.86. The summed E-state index contributed by atoms with van der Waals surface area (Å²) in [6.45, 7) is 5.56. The van der Waals surface area contributed by atoms with Crippen molar-refractivity contribution in [3.63, 3.8) is 0 Å². The summed E-state index contributed by atoms with van der Waals surface area (Å²) in [6, 6.07) is 0. The maximum absolute atomic E-state index is 11.9. The van der Waals surface area contributed by atoms with Gasteiger partial charge in [-0.15, -0.1) is 0 Å². The van der Waals surface area contributed by atoms with Crippen LogP contribution in [0.25, 0.3) is 0 Å². The number of aryl methyl sites for hydroxylation is 1. The highest BCUT2D eigenvalue weighted by Gasteiger charge is 2.30. The van der Waals surface area contributed by atoms with Gasteiger partial charge in [0.1, 0.15) is 27.5 Å². The lowest BCUT2D eigenvalue weighted by Crippen LogP contribution is -2.34. The van der Waals surface area contributed by atoms with Crippen molar-refractivity contribution in [3.05, 3.63) is 33.6 Å². The van der Waals surface area contributed by atoms with E-state index in [4.69, 9.17) is 25.3 Å². The smallest absolute Gasteiger partial charge is 0.229 e. The lowest BCUT2D eigenvalue weighted by molar-refractivity contribution is -0.105. The van der Waals surface area contributed by atoms with E-state index >= 15 is 0 Å². The second-order valence-corrected chi connectivity index (χ2v) is 10.5. The summed E-state index contributed by atoms with van der Waals surface area (Å²) in [5.41, 5.74) is 11.4. The van der Waals surface area contributed by atoms with Gasteiger partial charge < -0.3 is 20.5 Å². The Hall–Kier alpha value is -2.50. The van der Waals surface area contributed by atoms with Gasteiger partial charge in [-0.1, -0.05) is 6.92 Å². The molecule has 2 unspecified atom stereocenters. The molecule has 1 aliphatic heterocycles. The summed E-state index contributed by atoms with van der Waals surface area (Å²) in [5.74, 6) is 0.838. The number of ether oxygens (including phenoxy) is 2. The number of pyridine rings is 1. The molecule has 2 atom stereocenters. The molecule has 1 fully saturated rings. The predicted molar refractivity (Wildman–Crippen MR) is 134 cm³/mol. The monoisotopic (exact) mass is 492 g/mol. The third-order valence-corrected chi connectivity index (χ3v) is 7.51. The van der Waals surface area contributed by atoms with Gasteiger partial charge in [-0.3, -0.25) is 9.78 Å². The molecule has 0 radical (unpaired) electrons. The van der Waals surface area contributed by atoms with E-state index in [1.165, 1.54) is 48.8 Å². The molecule has 4 rings (SSSR count). The minimum absolute atomic E-state index is 0.0832. The molecular weight excluding hydrogens is 456 g/mol. The lowest BCUT2D eigenvalue weighted by atomic mass is 10.0. The van der Waals surface area contributed by atoms with Crippen LogP contribution < -0.4 is 16.2 Å². The van der Waals surface area contributed by atoms with Crippen LogP contribution >= 0.6 is 0 Å². The van der Waals surface area contributed by atoms with E-state index in [0.717, 1.165) is 37.6 Å². The molecule has 11 heteroatoms. The molecule has 2 heterocycles. The van der Waals surface area contributed by atoms with Crippen LogP contribution in [0, 0.1) is 6.92 Å². The first-order valence-corrected chi connectivity index (χ1v) is 13.3. The van der Waals surface area contributed by atoms with Gasteiger partial charge in [-0.25, -0.2) is 18.7 Å². The molecule has 0 saturated heterocycles. The Morgan fingerprint density at radius 3 is 2.71 bits per heavy atom. The van der Waals surface area contributed by atoms with Gasteiger partial charge in [0.2, 0.25) is 12.3 Å². The highest BCUT2D eigenvalue weighted by atomic mass is 32.2. The Balaban J connectivity index is 0.000000191. The Morgan fingerprint density at radius 1 is 1.38 bits per heavy atom. The first-order chi connectivity index (χ1) is 16.4. The summed E-state index contributed by atoms with van der Waals surface area (Å²) in [7, 11) is -1.67. The number of nitrogens with one attached hydrogen (secondary N) is 1. The molecule has 34 heavy (non-hydrogen) atoms. The maximum atomic E-state index is 11.9. The third kappa shape index (κ3) is 6.13. The zero-order chi connectivity index (χ0) is 24.7. The van der Waals surface area contributed by atoms with Gasteiger partial charge >= 0.3 is 0 Å². The second kappa shape index (κ2) is 11.8. The molecule has 1 amide bonds. The Morgan fingerprint density at radius 2 is 2.15 bits per heavy atom. The summed E-state index contributed by atoms with van der Waals surface area (Å²) in [4.78, 5) is 19.8. The van der Waals surface area contributed by atoms with Gasteiger partial charge in [-0.2, -0.15) is 0 Å². The van der Waals surface area contributed by atoms with Crippen molar-refractivity contribution in [2.75, 3.05) is 32.1 Å². The van der Waals surface area contributed by atoms with Crippen LogP contribution in [0.15, 0.2) is 20.5 Å². The van der Waals surface area contributed by atoms with E-state index in [0.29, 0.717) is 25.7 Å². The quantitative estimate of drug-likeness (QED) is 0.473. The molecule has 0 bridgehead atoms. The van der Waals surface area contributed by atoms with Crippen molar-refractivity contribution in [1.29, 1.82) is 0 Å². The molecule has 1 aromatic heterocycles. The normalized spacial score (nSPS) is 21.2. The molecule has 188 valence electrons. The third-order valence-electron chi connectivity index (χ3n) is 6.02. The standard InChI is InChI=1S/C13H16N2O.C10H20N4O3S/c1-8-12(9-5-6-9)15-11-4-2-3-10(11)13(8)14-7-16;1-3-4-16-8-6-14-10(17-7-8)9(5-11)18(12,15)13-2/h7,9H,2-6H2,1H3,(H,14,15,16);5,8H,3-4,6-7,11H2,1-2H3,(H2,12,13,15)/b;9-5+. The average Bonchev–Trinajstić information content (AvgIpc) is 3.58. The predicted octanol–water partition coefficient (Wildman–Crippen LogP) is 2.31. The van der Waals surface area contributed by atoms with Crippen molar-refractivity contribution in [3.8, 4) is 0 Å². The molecule has 5 N–H and O–H groups in total. The maximum Gasteiger partial charge on any atom is 0.229 e. The van der Waals surface area contributed by atoms with Crippen LogP contribution in [0.4, 0.5) is 5.69 Å². The van der Waals surface area contributed by atoms with E-state index in [2.05, 4.69) is 21.6 Å². The molecule has 0 aromatic carbocycles. The highest BCUT2D eigenvalue weighted by molar-refractivity contribution is 7.96. The van der Waals surface area contributed by atoms with E-state index in [1.807, 2.05) is 6.92 Å². The number of hydrogen-bond acceptors (Lipinski definition) is 8. The zero-order valence-corrected chi connectivity index (χ0v) is 21.0. The summed E-state index contributed by atoms with van der Waals surface area (Å²) in [5, 5.41) is 8.42. The number of hydrogen-bond donors (Lipinski definition) is 3. The minimum Gasteiger partial charge on any atom is -0.474 e. The summed E-state index contributed by atoms with van der Waals surface area (Å²) < 4.78 is 26.4. The Bertz CT molecular complexity index is 1070. The Kier molecular flexibility index (Phi) is 9.03. The SMILES string of the molecule is CCCOC1CN=C(/C(=C\N)S(N)(=O)=NC)OC1.Cc1c(C2CC2)nc2c(c1NC=O)CCC2. The summed E-state index contributed by atoms with van der Waals surface area (Å²) >= 11 is 0. The van der Waals surface area contributed by atoms with Crippen molar-refractivity contribution < 1.29 is 18.5 Å². The minimum atomic E-state index is -3.03. The first kappa shape index (κ1) is 26.1. The molecule has 3 aliphatic rings. The van der Waals surface area contributed by atoms with E-state index in [9.17, 15) is 9.00 Å². The Labute approximate surface area is 201 Å². The number of nitrogens with zero attached hydrogens (tertiary/aromatic N) is 3. The summed E-state index contributed by atoms with van der Waals surface area (Å²) in [6.07, 6.45) is 8.59. The average molecular weight is 493 g/mol. The second-order valence-electron chi connectivity index (χ2n) is 8.54. The fourth-order valence-electron chi connectivity index (χ4n) is 4.09. The van der Waals surface area contributed by atoms with Crippen LogP contribution in [-0.2, 0) is 37.0 Å². The first-order valence-electron chi connectivity index (χ1n) is 11.7. The van der Waals surface area contributed by atoms with Gasteiger partial charge in [0.05, 0.1) is 12.2 Å². The zero-order valence-electron chi connectivity index (χ0n) is 20.2. The number of rotatable bonds is 8. The number of amides is 1. The molecule has 10 nitrogen and oxygen atoms in total. The van der Waals surface area contributed by atoms with Gasteiger partial charge in [-0.05, 0) is 56.6 Å². The van der Waals surface area contributed by atoms with Crippen LogP contribution in [0.5, 0.6) is 0 Å². The molecule has 1 saturated carbocycles. The van der Waals surface area contributed by atoms with Crippen LogP contribution in [-0.4, -0.2) is 54.4 Å². The van der Waals surface area contributed by atoms with Gasteiger partial charge in [0.15, 0.2) is 0 Å². The fraction of sp³-hybridized carbons (Fsp3) is 0.609. The lowest BCUT2D eigenvalue weighted by Gasteiger charge is -2.23. The number of carbonyl (C=O) groups is 1. The van der Waals surface area contributed by atoms with Crippen LogP contribution in [0.3, 0.4) is 0 Å². The molecule has 2 aliphatic carbocycles. The number of anilines is 1. The van der Waals surface area contributed by atoms with Crippen molar-refractivity contribution in [2.45, 2.75) is 64.4 Å². The van der Waals surface area contributed by atoms with Gasteiger partial charge in [0, 0.05) is 37.2 Å². The van der Waals surface area contributed by atoms with Gasteiger partial charge in [0.25, 0.3) is 0 Å².